The van der Waals surface area contributed by atoms with E-state index in [0.717, 1.165) is 17.3 Å². The zero-order chi connectivity index (χ0) is 22.5. The summed E-state index contributed by atoms with van der Waals surface area (Å²) in [7, 11) is 0. The van der Waals surface area contributed by atoms with Crippen LogP contribution < -0.4 is 10.2 Å². The van der Waals surface area contributed by atoms with Crippen molar-refractivity contribution in [3.05, 3.63) is 95.3 Å². The highest BCUT2D eigenvalue weighted by Gasteiger charge is 2.58. The molecular weight excluding hydrogens is 407 g/mol. The van der Waals surface area contributed by atoms with E-state index in [2.05, 4.69) is 5.32 Å². The largest absolute Gasteiger partial charge is 0.382 e. The number of fused-ring (bicyclic) bond motifs is 2. The molecule has 162 valence electrons. The zero-order valence-corrected chi connectivity index (χ0v) is 17.6. The quantitative estimate of drug-likeness (QED) is 0.590. The number of nitrogens with one attached hydrogen (secondary N) is 1. The van der Waals surface area contributed by atoms with Crippen LogP contribution in [0.5, 0.6) is 0 Å². The van der Waals surface area contributed by atoms with Gasteiger partial charge in [-0.15, -0.1) is 0 Å². The summed E-state index contributed by atoms with van der Waals surface area (Å²) in [6, 6.07) is 20.2. The van der Waals surface area contributed by atoms with Crippen molar-refractivity contribution < 1.29 is 19.1 Å². The summed E-state index contributed by atoms with van der Waals surface area (Å²) in [5.74, 6) is -1.57. The predicted octanol–water partition coefficient (Wildman–Crippen LogP) is 4.36. The number of Topliss-reactive ketones (excluding diaryl/α,β-unsaturated/α-hetero) is 1. The number of benzene rings is 3. The van der Waals surface area contributed by atoms with Gasteiger partial charge in [-0.3, -0.25) is 14.5 Å². The molecule has 32 heavy (non-hydrogen) atoms. The second-order valence-electron chi connectivity index (χ2n) is 8.41. The average Bonchev–Trinajstić information content (AvgIpc) is 3.28. The maximum atomic E-state index is 13.9. The Kier molecular flexibility index (Phi) is 4.64. The lowest BCUT2D eigenvalue weighted by atomic mass is 9.86. The van der Waals surface area contributed by atoms with E-state index in [1.54, 1.807) is 23.1 Å². The number of halogens is 1. The summed E-state index contributed by atoms with van der Waals surface area (Å²) in [4.78, 5) is 28.5. The molecule has 0 aliphatic carbocycles. The van der Waals surface area contributed by atoms with Crippen molar-refractivity contribution >= 4 is 23.1 Å². The summed E-state index contributed by atoms with van der Waals surface area (Å²) < 4.78 is 13.7. The summed E-state index contributed by atoms with van der Waals surface area (Å²) in [5, 5.41) is 15.1. The van der Waals surface area contributed by atoms with Gasteiger partial charge in [0.05, 0.1) is 17.6 Å². The van der Waals surface area contributed by atoms with Gasteiger partial charge in [0.2, 0.25) is 0 Å². The molecule has 0 radical (unpaired) electrons. The number of amides is 1. The molecule has 1 amide bonds. The normalized spacial score (nSPS) is 23.6. The van der Waals surface area contributed by atoms with Gasteiger partial charge in [-0.1, -0.05) is 55.5 Å². The number of carbonyl (C=O) groups excluding carboxylic acids is 2. The number of hydrogen-bond donors (Lipinski definition) is 2. The van der Waals surface area contributed by atoms with Gasteiger partial charge in [-0.05, 0) is 30.7 Å². The molecule has 0 bridgehead atoms. The number of ketones is 1. The molecule has 0 aromatic heterocycles. The van der Waals surface area contributed by atoms with Crippen molar-refractivity contribution in [2.45, 2.75) is 30.9 Å². The number of hydrogen-bond acceptors (Lipinski definition) is 4. The molecule has 2 N–H and O–H groups in total. The van der Waals surface area contributed by atoms with Crippen LogP contribution in [0.2, 0.25) is 0 Å². The van der Waals surface area contributed by atoms with Crippen molar-refractivity contribution in [2.75, 3.05) is 16.8 Å². The lowest BCUT2D eigenvalue weighted by molar-refractivity contribution is -0.137. The Morgan fingerprint density at radius 2 is 1.78 bits per heavy atom. The number of para-hydroxylation sites is 2. The molecule has 2 unspecified atom stereocenters. The molecule has 5 rings (SSSR count). The minimum absolute atomic E-state index is 0.125. The van der Waals surface area contributed by atoms with E-state index >= 15 is 0 Å². The van der Waals surface area contributed by atoms with E-state index in [0.29, 0.717) is 24.2 Å². The minimum Gasteiger partial charge on any atom is -0.382 e. The molecule has 0 spiro atoms. The Bertz CT molecular complexity index is 1240. The summed E-state index contributed by atoms with van der Waals surface area (Å²) in [6.07, 6.45) is 0.155. The van der Waals surface area contributed by atoms with Gasteiger partial charge < -0.3 is 10.4 Å². The first-order valence-corrected chi connectivity index (χ1v) is 10.7. The highest BCUT2D eigenvalue weighted by Crippen LogP contribution is 2.52. The van der Waals surface area contributed by atoms with Crippen molar-refractivity contribution in [1.82, 2.24) is 0 Å². The Labute approximate surface area is 185 Å². The number of nitrogens with zero attached hydrogens (tertiary/aromatic N) is 1. The summed E-state index contributed by atoms with van der Waals surface area (Å²) >= 11 is 0. The third kappa shape index (κ3) is 2.79. The Morgan fingerprint density at radius 1 is 1.06 bits per heavy atom. The molecule has 2 heterocycles. The third-order valence-corrected chi connectivity index (χ3v) is 6.72. The number of carbonyl (C=O) groups is 2. The maximum Gasteiger partial charge on any atom is 0.265 e. The van der Waals surface area contributed by atoms with Crippen LogP contribution in [0.15, 0.2) is 72.8 Å². The minimum atomic E-state index is -2.03. The highest BCUT2D eigenvalue weighted by molar-refractivity contribution is 6.12. The molecule has 6 heteroatoms. The fourth-order valence-electron chi connectivity index (χ4n) is 5.07. The zero-order valence-electron chi connectivity index (χ0n) is 17.6. The van der Waals surface area contributed by atoms with Crippen LogP contribution in [0.3, 0.4) is 0 Å². The van der Waals surface area contributed by atoms with E-state index in [1.165, 1.54) is 18.2 Å². The van der Waals surface area contributed by atoms with Gasteiger partial charge in [0.25, 0.3) is 5.91 Å². The SMILES string of the molecule is CCC1(N2C(=O)C(O)(CC(=O)c3cccc(F)c3)c3ccccc32)CNc2ccccc21. The van der Waals surface area contributed by atoms with Gasteiger partial charge in [0.15, 0.2) is 11.4 Å². The molecular formula is C26H23FN2O3. The number of aliphatic hydroxyl groups is 1. The Hall–Kier alpha value is -3.51. The summed E-state index contributed by atoms with van der Waals surface area (Å²) in [6.45, 7) is 2.51. The second kappa shape index (κ2) is 7.28. The van der Waals surface area contributed by atoms with Gasteiger partial charge in [-0.2, -0.15) is 0 Å². The first kappa shape index (κ1) is 20.4. The van der Waals surface area contributed by atoms with Gasteiger partial charge in [0, 0.05) is 28.9 Å². The van der Waals surface area contributed by atoms with E-state index in [4.69, 9.17) is 0 Å². The van der Waals surface area contributed by atoms with Crippen LogP contribution in [-0.2, 0) is 15.9 Å². The van der Waals surface area contributed by atoms with E-state index < -0.39 is 35.1 Å². The van der Waals surface area contributed by atoms with E-state index in [9.17, 15) is 19.1 Å². The van der Waals surface area contributed by atoms with Gasteiger partial charge in [0.1, 0.15) is 5.82 Å². The van der Waals surface area contributed by atoms with Crippen LogP contribution in [0.4, 0.5) is 15.8 Å². The molecule has 0 fully saturated rings. The monoisotopic (exact) mass is 430 g/mol. The van der Waals surface area contributed by atoms with Gasteiger partial charge >= 0.3 is 0 Å². The van der Waals surface area contributed by atoms with Crippen LogP contribution in [0.25, 0.3) is 0 Å². The lowest BCUT2D eigenvalue weighted by Gasteiger charge is -2.39. The number of anilines is 2. The fraction of sp³-hybridized carbons (Fsp3) is 0.231. The molecule has 2 atom stereocenters. The van der Waals surface area contributed by atoms with Crippen molar-refractivity contribution in [1.29, 1.82) is 0 Å². The van der Waals surface area contributed by atoms with Crippen LogP contribution >= 0.6 is 0 Å². The second-order valence-corrected chi connectivity index (χ2v) is 8.41. The molecule has 2 aliphatic heterocycles. The van der Waals surface area contributed by atoms with E-state index in [-0.39, 0.29) is 5.56 Å². The Morgan fingerprint density at radius 3 is 2.53 bits per heavy atom. The van der Waals surface area contributed by atoms with Crippen molar-refractivity contribution in [3.8, 4) is 0 Å². The van der Waals surface area contributed by atoms with Crippen LogP contribution in [-0.4, -0.2) is 23.3 Å². The van der Waals surface area contributed by atoms with Crippen molar-refractivity contribution in [2.24, 2.45) is 0 Å². The first-order chi connectivity index (χ1) is 15.4. The lowest BCUT2D eigenvalue weighted by Crippen LogP contribution is -2.53. The third-order valence-electron chi connectivity index (χ3n) is 6.72. The molecule has 3 aromatic carbocycles. The van der Waals surface area contributed by atoms with Crippen LogP contribution in [0.1, 0.15) is 41.3 Å². The molecule has 0 saturated carbocycles. The van der Waals surface area contributed by atoms with Crippen molar-refractivity contribution in [3.63, 3.8) is 0 Å². The summed E-state index contributed by atoms with van der Waals surface area (Å²) in [5.41, 5.74) is 0.312. The van der Waals surface area contributed by atoms with Crippen LogP contribution in [0, 0.1) is 5.82 Å². The Balaban J connectivity index is 1.61. The highest BCUT2D eigenvalue weighted by atomic mass is 19.1. The number of rotatable bonds is 5. The topological polar surface area (TPSA) is 69.6 Å². The molecule has 0 saturated heterocycles. The fourth-order valence-corrected chi connectivity index (χ4v) is 5.07. The molecule has 2 aliphatic rings. The smallest absolute Gasteiger partial charge is 0.265 e. The predicted molar refractivity (Wildman–Crippen MR) is 120 cm³/mol. The molecule has 3 aromatic rings. The average molecular weight is 430 g/mol. The van der Waals surface area contributed by atoms with E-state index in [1.807, 2.05) is 37.3 Å². The van der Waals surface area contributed by atoms with Gasteiger partial charge in [-0.25, -0.2) is 4.39 Å². The molecule has 5 nitrogen and oxygen atoms in total. The standard InChI is InChI=1S/C26H23FN2O3/c1-2-25(16-28-21-12-5-3-10-19(21)25)29-22-13-6-4-11-20(22)26(32,24(29)31)15-23(30)17-8-7-9-18(27)14-17/h3-14,28,32H,2,15-16H2,1H3. The maximum absolute atomic E-state index is 13.9. The first-order valence-electron chi connectivity index (χ1n) is 10.7.